The van der Waals surface area contributed by atoms with Crippen LogP contribution in [0.3, 0.4) is 0 Å². The number of rotatable bonds is 5. The zero-order chi connectivity index (χ0) is 22.2. The lowest BCUT2D eigenvalue weighted by Crippen LogP contribution is -2.30. The van der Waals surface area contributed by atoms with Crippen molar-refractivity contribution in [3.63, 3.8) is 0 Å². The Bertz CT molecular complexity index is 1360. The van der Waals surface area contributed by atoms with Crippen LogP contribution < -0.4 is 4.90 Å². The number of carbonyl (C=O) groups is 2. The highest BCUT2D eigenvalue weighted by Crippen LogP contribution is 2.38. The van der Waals surface area contributed by atoms with E-state index in [0.29, 0.717) is 6.54 Å². The Labute approximate surface area is 183 Å². The molecule has 1 aliphatic heterocycles. The molecule has 7 nitrogen and oxygen atoms in total. The summed E-state index contributed by atoms with van der Waals surface area (Å²) in [6.07, 6.45) is 1.98. The highest BCUT2D eigenvalue weighted by molar-refractivity contribution is 6.23. The number of nitro groups is 1. The van der Waals surface area contributed by atoms with Crippen LogP contribution in [-0.4, -0.2) is 21.3 Å². The smallest absolute Gasteiger partial charge is 0.271 e. The van der Waals surface area contributed by atoms with E-state index in [0.717, 1.165) is 26.9 Å². The van der Waals surface area contributed by atoms with Gasteiger partial charge in [-0.3, -0.25) is 19.7 Å². The van der Waals surface area contributed by atoms with Gasteiger partial charge in [-0.1, -0.05) is 54.6 Å². The number of nitrogens with zero attached hydrogens (tertiary/aromatic N) is 3. The lowest BCUT2D eigenvalue weighted by molar-refractivity contribution is -0.384. The zero-order valence-corrected chi connectivity index (χ0v) is 17.0. The van der Waals surface area contributed by atoms with E-state index in [9.17, 15) is 19.7 Å². The van der Waals surface area contributed by atoms with Crippen LogP contribution in [0.25, 0.3) is 10.9 Å². The molecule has 1 saturated heterocycles. The van der Waals surface area contributed by atoms with Crippen LogP contribution in [0.4, 0.5) is 11.4 Å². The third-order valence-electron chi connectivity index (χ3n) is 5.84. The molecule has 32 heavy (non-hydrogen) atoms. The summed E-state index contributed by atoms with van der Waals surface area (Å²) in [5, 5.41) is 12.1. The molecule has 1 atom stereocenters. The molecule has 0 saturated carbocycles. The fraction of sp³-hybridized carbons (Fsp3) is 0.120. The van der Waals surface area contributed by atoms with Gasteiger partial charge in [0.25, 0.3) is 5.69 Å². The van der Waals surface area contributed by atoms with Crippen molar-refractivity contribution < 1.29 is 14.5 Å². The maximum Gasteiger partial charge on any atom is 0.271 e. The number of hydrogen-bond acceptors (Lipinski definition) is 4. The summed E-state index contributed by atoms with van der Waals surface area (Å²) in [6.45, 7) is 0.644. The highest BCUT2D eigenvalue weighted by Gasteiger charge is 2.42. The van der Waals surface area contributed by atoms with Gasteiger partial charge in [0.2, 0.25) is 11.8 Å². The van der Waals surface area contributed by atoms with E-state index >= 15 is 0 Å². The van der Waals surface area contributed by atoms with Crippen molar-refractivity contribution in [2.24, 2.45) is 0 Å². The molecule has 1 aromatic heterocycles. The third kappa shape index (κ3) is 3.33. The van der Waals surface area contributed by atoms with Crippen molar-refractivity contribution in [3.8, 4) is 0 Å². The van der Waals surface area contributed by atoms with Crippen molar-refractivity contribution in [2.45, 2.75) is 18.9 Å². The maximum atomic E-state index is 13.3. The number of non-ortho nitro benzene ring substituents is 1. The number of para-hydroxylation sites is 1. The van der Waals surface area contributed by atoms with Gasteiger partial charge in [0, 0.05) is 42.2 Å². The quantitative estimate of drug-likeness (QED) is 0.265. The number of imide groups is 1. The van der Waals surface area contributed by atoms with E-state index in [-0.39, 0.29) is 29.6 Å². The van der Waals surface area contributed by atoms with Crippen molar-refractivity contribution in [1.82, 2.24) is 4.57 Å². The molecule has 2 heterocycles. The molecule has 1 fully saturated rings. The van der Waals surface area contributed by atoms with Gasteiger partial charge in [-0.05, 0) is 23.3 Å². The Morgan fingerprint density at radius 3 is 2.47 bits per heavy atom. The first-order valence-electron chi connectivity index (χ1n) is 10.3. The summed E-state index contributed by atoms with van der Waals surface area (Å²) in [7, 11) is 0. The predicted octanol–water partition coefficient (Wildman–Crippen LogP) is 4.64. The van der Waals surface area contributed by atoms with E-state index < -0.39 is 10.8 Å². The summed E-state index contributed by atoms with van der Waals surface area (Å²) in [6, 6.07) is 23.5. The lowest BCUT2D eigenvalue weighted by Gasteiger charge is -2.14. The van der Waals surface area contributed by atoms with Crippen LogP contribution in [-0.2, 0) is 16.1 Å². The van der Waals surface area contributed by atoms with Crippen LogP contribution in [0.2, 0.25) is 0 Å². The van der Waals surface area contributed by atoms with Crippen LogP contribution in [0, 0.1) is 10.1 Å². The molecule has 2 amide bonds. The van der Waals surface area contributed by atoms with Crippen molar-refractivity contribution >= 4 is 34.1 Å². The molecule has 158 valence electrons. The number of amides is 2. The van der Waals surface area contributed by atoms with Crippen LogP contribution in [0.1, 0.15) is 23.5 Å². The van der Waals surface area contributed by atoms with Crippen molar-refractivity contribution in [2.75, 3.05) is 4.90 Å². The monoisotopic (exact) mass is 425 g/mol. The maximum absolute atomic E-state index is 13.3. The van der Waals surface area contributed by atoms with E-state index in [1.165, 1.54) is 18.2 Å². The molecular weight excluding hydrogens is 406 g/mol. The second kappa shape index (κ2) is 7.77. The zero-order valence-electron chi connectivity index (χ0n) is 17.0. The molecule has 1 aliphatic rings. The first-order valence-corrected chi connectivity index (χ1v) is 10.3. The molecule has 7 heteroatoms. The molecule has 0 aliphatic carbocycles. The molecule has 4 aromatic rings. The average molecular weight is 425 g/mol. The summed E-state index contributed by atoms with van der Waals surface area (Å²) in [4.78, 5) is 37.8. The Morgan fingerprint density at radius 1 is 0.938 bits per heavy atom. The Morgan fingerprint density at radius 2 is 1.69 bits per heavy atom. The average Bonchev–Trinajstić information content (AvgIpc) is 3.31. The van der Waals surface area contributed by atoms with Crippen LogP contribution in [0.5, 0.6) is 0 Å². The van der Waals surface area contributed by atoms with Gasteiger partial charge in [0.15, 0.2) is 0 Å². The minimum Gasteiger partial charge on any atom is -0.343 e. The first-order chi connectivity index (χ1) is 15.5. The predicted molar refractivity (Wildman–Crippen MR) is 120 cm³/mol. The molecular formula is C25H19N3O4. The summed E-state index contributed by atoms with van der Waals surface area (Å²) < 4.78 is 2.09. The number of hydrogen-bond donors (Lipinski definition) is 0. The Balaban J connectivity index is 1.53. The number of anilines is 1. The van der Waals surface area contributed by atoms with Gasteiger partial charge < -0.3 is 4.57 Å². The third-order valence-corrected chi connectivity index (χ3v) is 5.84. The molecule has 5 rings (SSSR count). The second-order valence-corrected chi connectivity index (χ2v) is 7.82. The van der Waals surface area contributed by atoms with E-state index in [2.05, 4.69) is 4.57 Å². The SMILES string of the molecule is O=C1CC(c2cn(Cc3ccccc3)c3ccccc23)C(=O)N1c1cccc([N+](=O)[O-])c1. The standard InChI is InChI=1S/C25H19N3O4/c29-24-14-21(25(30)27(24)18-9-6-10-19(13-18)28(31)32)22-16-26(15-17-7-2-1-3-8-17)23-12-5-4-11-20(22)23/h1-13,16,21H,14-15H2. The van der Waals surface area contributed by atoms with Crippen molar-refractivity contribution in [1.29, 1.82) is 0 Å². The molecule has 0 bridgehead atoms. The number of fused-ring (bicyclic) bond motifs is 1. The van der Waals surface area contributed by atoms with Gasteiger partial charge in [0.1, 0.15) is 0 Å². The Hall–Kier alpha value is -4.26. The molecule has 3 aromatic carbocycles. The topological polar surface area (TPSA) is 85.5 Å². The molecule has 0 spiro atoms. The van der Waals surface area contributed by atoms with Crippen molar-refractivity contribution in [3.05, 3.63) is 106 Å². The van der Waals surface area contributed by atoms with Gasteiger partial charge in [-0.2, -0.15) is 0 Å². The minimum absolute atomic E-state index is 0.0286. The fourth-order valence-corrected chi connectivity index (χ4v) is 4.36. The molecule has 0 radical (unpaired) electrons. The van der Waals surface area contributed by atoms with Gasteiger partial charge in [-0.25, -0.2) is 4.90 Å². The first kappa shape index (κ1) is 19.7. The molecule has 0 N–H and O–H groups in total. The summed E-state index contributed by atoms with van der Waals surface area (Å²) in [5.41, 5.74) is 2.98. The normalized spacial score (nSPS) is 16.1. The van der Waals surface area contributed by atoms with Gasteiger partial charge in [-0.15, -0.1) is 0 Å². The largest absolute Gasteiger partial charge is 0.343 e. The lowest BCUT2D eigenvalue weighted by atomic mass is 9.97. The number of aromatic nitrogens is 1. The van der Waals surface area contributed by atoms with E-state index in [1.54, 1.807) is 6.07 Å². The number of carbonyl (C=O) groups excluding carboxylic acids is 2. The van der Waals surface area contributed by atoms with Crippen LogP contribution in [0.15, 0.2) is 85.1 Å². The summed E-state index contributed by atoms with van der Waals surface area (Å²) >= 11 is 0. The van der Waals surface area contributed by atoms with Crippen LogP contribution >= 0.6 is 0 Å². The van der Waals surface area contributed by atoms with E-state index in [1.807, 2.05) is 60.8 Å². The highest BCUT2D eigenvalue weighted by atomic mass is 16.6. The number of benzene rings is 3. The summed E-state index contributed by atoms with van der Waals surface area (Å²) in [5.74, 6) is -1.36. The Kier molecular flexibility index (Phi) is 4.78. The van der Waals surface area contributed by atoms with Gasteiger partial charge >= 0.3 is 0 Å². The van der Waals surface area contributed by atoms with Gasteiger partial charge in [0.05, 0.1) is 16.5 Å². The number of nitro benzene ring substituents is 1. The van der Waals surface area contributed by atoms with E-state index in [4.69, 9.17) is 0 Å². The minimum atomic E-state index is -0.635. The molecule has 1 unspecified atom stereocenters. The fourth-order valence-electron chi connectivity index (χ4n) is 4.36. The second-order valence-electron chi connectivity index (χ2n) is 7.82.